The third-order valence-electron chi connectivity index (χ3n) is 6.48. The Morgan fingerprint density at radius 3 is 2.23 bits per heavy atom. The topological polar surface area (TPSA) is 34.5 Å². The zero-order valence-corrected chi connectivity index (χ0v) is 34.0. The molecular weight excluding hydrogens is 691 g/mol. The largest absolute Gasteiger partial charge is 0.374 e. The molecule has 2 heterocycles. The molecule has 6 heteroatoms. The van der Waals surface area contributed by atoms with Crippen LogP contribution in [0.15, 0.2) is 67.9 Å². The molecule has 250 valence electrons. The molecule has 3 rings (SSSR count). The molecule has 0 N–H and O–H groups in total. The van der Waals surface area contributed by atoms with Crippen LogP contribution in [-0.4, -0.2) is 28.5 Å². The second kappa shape index (κ2) is 29.2. The van der Waals surface area contributed by atoms with Crippen molar-refractivity contribution in [1.29, 1.82) is 0 Å². The Hall–Kier alpha value is -1.22. The maximum atomic E-state index is 5.89. The highest BCUT2D eigenvalue weighted by molar-refractivity contribution is 14.1. The molecule has 3 nitrogen and oxygen atoms in total. The van der Waals surface area contributed by atoms with Crippen molar-refractivity contribution in [2.24, 2.45) is 4.99 Å². The maximum Gasteiger partial charge on any atom is 0.0670 e. The van der Waals surface area contributed by atoms with Gasteiger partial charge in [0.2, 0.25) is 0 Å². The van der Waals surface area contributed by atoms with Gasteiger partial charge in [0, 0.05) is 38.1 Å². The van der Waals surface area contributed by atoms with Gasteiger partial charge in [-0.1, -0.05) is 110 Å². The third kappa shape index (κ3) is 17.5. The maximum absolute atomic E-state index is 5.89. The first-order valence-electron chi connectivity index (χ1n) is 16.8. The van der Waals surface area contributed by atoms with Crippen LogP contribution in [0.4, 0.5) is 0 Å². The second-order valence-corrected chi connectivity index (χ2v) is 12.5. The van der Waals surface area contributed by atoms with Crippen LogP contribution in [0.1, 0.15) is 126 Å². The van der Waals surface area contributed by atoms with Crippen molar-refractivity contribution >= 4 is 52.1 Å². The van der Waals surface area contributed by atoms with E-state index in [9.17, 15) is 0 Å². The fraction of sp³-hybridized carbons (Fsp3) is 0.579. The molecule has 2 atom stereocenters. The molecule has 0 amide bonds. The summed E-state index contributed by atoms with van der Waals surface area (Å²) in [6, 6.07) is 10.6. The number of rotatable bonds is 11. The van der Waals surface area contributed by atoms with Gasteiger partial charge in [0.05, 0.1) is 22.8 Å². The number of allylic oxidation sites excluding steroid dienone is 6. The molecule has 0 bridgehead atoms. The summed E-state index contributed by atoms with van der Waals surface area (Å²) in [5, 5.41) is 0. The highest BCUT2D eigenvalue weighted by Gasteiger charge is 2.22. The van der Waals surface area contributed by atoms with E-state index in [0.717, 1.165) is 30.0 Å². The Morgan fingerprint density at radius 1 is 1.07 bits per heavy atom. The minimum absolute atomic E-state index is 0.442. The molecule has 1 saturated heterocycles. The van der Waals surface area contributed by atoms with Gasteiger partial charge >= 0.3 is 0 Å². The molecule has 1 aromatic carbocycles. The van der Waals surface area contributed by atoms with E-state index in [-0.39, 0.29) is 0 Å². The van der Waals surface area contributed by atoms with Crippen molar-refractivity contribution in [3.8, 4) is 10.4 Å². The summed E-state index contributed by atoms with van der Waals surface area (Å²) in [4.78, 5) is 5.73. The first kappa shape index (κ1) is 44.9. The van der Waals surface area contributed by atoms with E-state index in [1.165, 1.54) is 55.7 Å². The summed E-state index contributed by atoms with van der Waals surface area (Å²) in [6.07, 6.45) is 13.0. The van der Waals surface area contributed by atoms with Crippen LogP contribution in [0.3, 0.4) is 0 Å². The van der Waals surface area contributed by atoms with Crippen LogP contribution < -0.4 is 0 Å². The lowest BCUT2D eigenvalue weighted by Gasteiger charge is -2.11. The molecular formula is C38H63IN2OS2. The van der Waals surface area contributed by atoms with E-state index in [4.69, 9.17) is 4.74 Å². The van der Waals surface area contributed by atoms with E-state index in [1.807, 2.05) is 66.4 Å². The van der Waals surface area contributed by atoms with Crippen LogP contribution in [-0.2, 0) is 10.5 Å². The van der Waals surface area contributed by atoms with Crippen molar-refractivity contribution in [2.45, 2.75) is 140 Å². The number of halogens is 1. The van der Waals surface area contributed by atoms with Gasteiger partial charge < -0.3 is 4.74 Å². The summed E-state index contributed by atoms with van der Waals surface area (Å²) in [5.41, 5.74) is 7.62. The molecule has 1 aliphatic heterocycles. The van der Waals surface area contributed by atoms with E-state index in [1.54, 1.807) is 11.5 Å². The number of unbranched alkanes of at least 4 members (excludes halogenated alkanes) is 1. The first-order valence-corrected chi connectivity index (χ1v) is 19.8. The van der Waals surface area contributed by atoms with Crippen molar-refractivity contribution in [2.75, 3.05) is 5.75 Å². The number of benzene rings is 1. The van der Waals surface area contributed by atoms with E-state index in [2.05, 4.69) is 116 Å². The van der Waals surface area contributed by atoms with Crippen LogP contribution in [0.5, 0.6) is 0 Å². The SMILES string of the molecule is CC.CC.CC.CC=N/C(C)=C(/C=C\CCC)C(\I)=C(/C)CC.Cc1nsc(-c2ccccc2)c1CSCC1CCC(C)O1. The fourth-order valence-corrected chi connectivity index (χ4v) is 7.18. The normalized spacial score (nSPS) is 16.8. The van der Waals surface area contributed by atoms with Crippen molar-refractivity contribution in [1.82, 2.24) is 4.37 Å². The van der Waals surface area contributed by atoms with Gasteiger partial charge in [-0.05, 0) is 100.0 Å². The zero-order chi connectivity index (χ0) is 33.9. The Balaban J connectivity index is 0. The standard InChI is InChI=1S/C17H21NOS2.C15H24IN.3C2H6/c1-12-8-9-15(19-12)10-20-11-16-13(2)18-21-17(16)14-6-4-3-5-7-14;1-6-9-10-11-14(13(5)17-8-3)15(16)12(4)7-2;3*1-2/h3-7,12,15H,8-11H2,1-2H3;8,10-11H,6-7,9H2,1-5H3;3*1-2H3/b;11-10-,14-13-,15-12-,17-8?;;;. The van der Waals surface area contributed by atoms with Gasteiger partial charge in [0.1, 0.15) is 0 Å². The molecule has 1 fully saturated rings. The minimum Gasteiger partial charge on any atom is -0.374 e. The van der Waals surface area contributed by atoms with E-state index < -0.39 is 0 Å². The van der Waals surface area contributed by atoms with Crippen molar-refractivity contribution < 1.29 is 4.74 Å². The molecule has 0 radical (unpaired) electrons. The molecule has 1 aliphatic rings. The summed E-state index contributed by atoms with van der Waals surface area (Å²) >= 11 is 6.03. The number of aromatic nitrogens is 1. The highest BCUT2D eigenvalue weighted by atomic mass is 127. The Morgan fingerprint density at radius 2 is 1.70 bits per heavy atom. The molecule has 2 aromatic rings. The lowest BCUT2D eigenvalue weighted by Crippen LogP contribution is -2.11. The number of aryl methyl sites for hydroxylation is 1. The van der Waals surface area contributed by atoms with Crippen LogP contribution >= 0.6 is 45.9 Å². The van der Waals surface area contributed by atoms with Gasteiger partial charge in [0.15, 0.2) is 0 Å². The van der Waals surface area contributed by atoms with Crippen LogP contribution in [0, 0.1) is 6.92 Å². The monoisotopic (exact) mass is 754 g/mol. The molecule has 44 heavy (non-hydrogen) atoms. The Bertz CT molecular complexity index is 1100. The van der Waals surface area contributed by atoms with Crippen molar-refractivity contribution in [3.05, 3.63) is 74.2 Å². The van der Waals surface area contributed by atoms with Gasteiger partial charge in [0.25, 0.3) is 0 Å². The van der Waals surface area contributed by atoms with Gasteiger partial charge in [-0.15, -0.1) is 0 Å². The Labute approximate surface area is 294 Å². The summed E-state index contributed by atoms with van der Waals surface area (Å²) in [7, 11) is 0. The minimum atomic E-state index is 0.442. The average molecular weight is 755 g/mol. The predicted octanol–water partition coefficient (Wildman–Crippen LogP) is 13.8. The summed E-state index contributed by atoms with van der Waals surface area (Å²) in [6.45, 7) is 26.9. The van der Waals surface area contributed by atoms with Gasteiger partial charge in [-0.3, -0.25) is 4.99 Å². The second-order valence-electron chi connectivity index (χ2n) is 9.63. The molecule has 0 saturated carbocycles. The number of nitrogens with zero attached hydrogens (tertiary/aromatic N) is 2. The van der Waals surface area contributed by atoms with Crippen LogP contribution in [0.2, 0.25) is 0 Å². The molecule has 2 unspecified atom stereocenters. The summed E-state index contributed by atoms with van der Waals surface area (Å²) < 4.78 is 11.8. The zero-order valence-electron chi connectivity index (χ0n) is 30.2. The lowest BCUT2D eigenvalue weighted by atomic mass is 10.1. The quantitative estimate of drug-likeness (QED) is 0.130. The summed E-state index contributed by atoms with van der Waals surface area (Å²) in [5.74, 6) is 2.12. The van der Waals surface area contributed by atoms with Crippen molar-refractivity contribution in [3.63, 3.8) is 0 Å². The van der Waals surface area contributed by atoms with Gasteiger partial charge in [-0.25, -0.2) is 0 Å². The third-order valence-corrected chi connectivity index (χ3v) is 10.1. The van der Waals surface area contributed by atoms with E-state index in [0.29, 0.717) is 12.2 Å². The number of thioether (sulfide) groups is 1. The number of ether oxygens (including phenoxy) is 1. The first-order chi connectivity index (χ1) is 21.3. The molecule has 0 spiro atoms. The Kier molecular flexibility index (Phi) is 29.8. The van der Waals surface area contributed by atoms with Gasteiger partial charge in [-0.2, -0.15) is 16.1 Å². The predicted molar refractivity (Wildman–Crippen MR) is 214 cm³/mol. The lowest BCUT2D eigenvalue weighted by molar-refractivity contribution is 0.0700. The highest BCUT2D eigenvalue weighted by Crippen LogP contribution is 2.34. The number of hydrogen-bond acceptors (Lipinski definition) is 5. The number of hydrogen-bond donors (Lipinski definition) is 0. The van der Waals surface area contributed by atoms with E-state index >= 15 is 0 Å². The fourth-order valence-electron chi connectivity index (χ4n) is 4.04. The molecule has 1 aromatic heterocycles. The average Bonchev–Trinajstić information content (AvgIpc) is 3.66. The smallest absolute Gasteiger partial charge is 0.0670 e. The number of aliphatic imine (C=N–C) groups is 1. The molecule has 0 aliphatic carbocycles. The van der Waals surface area contributed by atoms with Crippen LogP contribution in [0.25, 0.3) is 10.4 Å².